The lowest BCUT2D eigenvalue weighted by Crippen LogP contribution is -2.37. The first-order valence-electron chi connectivity index (χ1n) is 7.11. The maximum absolute atomic E-state index is 13.7. The summed E-state index contributed by atoms with van der Waals surface area (Å²) in [7, 11) is -3.87. The van der Waals surface area contributed by atoms with E-state index in [9.17, 15) is 26.4 Å². The summed E-state index contributed by atoms with van der Waals surface area (Å²) in [4.78, 5) is 12.0. The zero-order valence-electron chi connectivity index (χ0n) is 13.2. The number of carbonyl (C=O) groups excluding carboxylic acids is 1. The molecule has 25 heavy (non-hydrogen) atoms. The molecule has 2 aromatic carbocycles. The van der Waals surface area contributed by atoms with Crippen LogP contribution >= 0.6 is 0 Å². The molecule has 0 radical (unpaired) electrons. The van der Waals surface area contributed by atoms with Gasteiger partial charge in [-0.3, -0.25) is 4.79 Å². The summed E-state index contributed by atoms with van der Waals surface area (Å²) in [6.07, 6.45) is 0.852. The molecular formula is C16H15F3N2O3S. The zero-order valence-corrected chi connectivity index (χ0v) is 14.0. The first kappa shape index (κ1) is 18.9. The minimum atomic E-state index is -3.87. The van der Waals surface area contributed by atoms with Crippen molar-refractivity contribution in [2.45, 2.75) is 6.54 Å². The first-order valence-corrected chi connectivity index (χ1v) is 8.95. The van der Waals surface area contributed by atoms with Crippen molar-refractivity contribution in [2.24, 2.45) is 0 Å². The standard InChI is InChI=1S/C16H15F3N2O3S/c1-25(23,24)21(9-11-5-2-3-6-12(11)17)10-15(22)20-16-13(18)7-4-8-14(16)19/h2-8H,9-10H2,1H3,(H,20,22). The van der Waals surface area contributed by atoms with Gasteiger partial charge in [-0.05, 0) is 18.2 Å². The molecule has 2 rings (SSSR count). The molecule has 1 N–H and O–H groups in total. The Bertz CT molecular complexity index is 868. The SMILES string of the molecule is CS(=O)(=O)N(CC(=O)Nc1c(F)cccc1F)Cc1ccccc1F. The van der Waals surface area contributed by atoms with Crippen LogP contribution in [0.5, 0.6) is 0 Å². The fourth-order valence-corrected chi connectivity index (χ4v) is 2.79. The summed E-state index contributed by atoms with van der Waals surface area (Å²) >= 11 is 0. The Hall–Kier alpha value is -2.39. The number of carbonyl (C=O) groups is 1. The predicted molar refractivity (Wildman–Crippen MR) is 86.6 cm³/mol. The molecular weight excluding hydrogens is 357 g/mol. The lowest BCUT2D eigenvalue weighted by molar-refractivity contribution is -0.116. The van der Waals surface area contributed by atoms with Gasteiger partial charge >= 0.3 is 0 Å². The Morgan fingerprint density at radius 3 is 2.12 bits per heavy atom. The van der Waals surface area contributed by atoms with E-state index in [0.717, 1.165) is 30.5 Å². The molecule has 0 heterocycles. The van der Waals surface area contributed by atoms with Crippen LogP contribution in [0.15, 0.2) is 42.5 Å². The molecule has 0 saturated heterocycles. The van der Waals surface area contributed by atoms with E-state index < -0.39 is 52.2 Å². The molecule has 0 spiro atoms. The quantitative estimate of drug-likeness (QED) is 0.847. The van der Waals surface area contributed by atoms with Crippen LogP contribution in [0.2, 0.25) is 0 Å². The number of halogens is 3. The van der Waals surface area contributed by atoms with Gasteiger partial charge in [0.2, 0.25) is 15.9 Å². The molecule has 0 aliphatic rings. The number of hydrogen-bond acceptors (Lipinski definition) is 3. The smallest absolute Gasteiger partial charge is 0.239 e. The highest BCUT2D eigenvalue weighted by Crippen LogP contribution is 2.18. The van der Waals surface area contributed by atoms with E-state index in [1.165, 1.54) is 18.2 Å². The molecule has 0 saturated carbocycles. The van der Waals surface area contributed by atoms with Crippen molar-refractivity contribution >= 4 is 21.6 Å². The number of hydrogen-bond donors (Lipinski definition) is 1. The van der Waals surface area contributed by atoms with Gasteiger partial charge in [-0.1, -0.05) is 24.3 Å². The van der Waals surface area contributed by atoms with Crippen LogP contribution in [-0.2, 0) is 21.4 Å². The number of benzene rings is 2. The molecule has 0 aromatic heterocycles. The van der Waals surface area contributed by atoms with Crippen molar-refractivity contribution in [3.05, 3.63) is 65.5 Å². The van der Waals surface area contributed by atoms with Gasteiger partial charge in [-0.15, -0.1) is 0 Å². The van der Waals surface area contributed by atoms with Crippen LogP contribution in [0.25, 0.3) is 0 Å². The van der Waals surface area contributed by atoms with Gasteiger partial charge in [-0.2, -0.15) is 4.31 Å². The Kier molecular flexibility index (Phi) is 5.81. The highest BCUT2D eigenvalue weighted by molar-refractivity contribution is 7.88. The van der Waals surface area contributed by atoms with E-state index in [1.807, 2.05) is 5.32 Å². The zero-order chi connectivity index (χ0) is 18.6. The minimum absolute atomic E-state index is 0.0674. The van der Waals surface area contributed by atoms with Gasteiger partial charge in [0, 0.05) is 12.1 Å². The molecule has 0 atom stereocenters. The predicted octanol–water partition coefficient (Wildman–Crippen LogP) is 2.50. The van der Waals surface area contributed by atoms with Crippen molar-refractivity contribution in [1.82, 2.24) is 4.31 Å². The van der Waals surface area contributed by atoms with Gasteiger partial charge in [0.25, 0.3) is 0 Å². The Balaban J connectivity index is 2.18. The fraction of sp³-hybridized carbons (Fsp3) is 0.188. The third-order valence-electron chi connectivity index (χ3n) is 3.32. The lowest BCUT2D eigenvalue weighted by Gasteiger charge is -2.20. The van der Waals surface area contributed by atoms with Crippen molar-refractivity contribution in [3.8, 4) is 0 Å². The summed E-state index contributed by atoms with van der Waals surface area (Å²) < 4.78 is 65.2. The van der Waals surface area contributed by atoms with Crippen LogP contribution < -0.4 is 5.32 Å². The summed E-state index contributed by atoms with van der Waals surface area (Å²) in [6.45, 7) is -1.11. The van der Waals surface area contributed by atoms with E-state index in [1.54, 1.807) is 0 Å². The number of para-hydroxylation sites is 1. The van der Waals surface area contributed by atoms with Gasteiger partial charge in [-0.25, -0.2) is 21.6 Å². The number of amides is 1. The topological polar surface area (TPSA) is 66.5 Å². The monoisotopic (exact) mass is 372 g/mol. The summed E-state index contributed by atoms with van der Waals surface area (Å²) in [6, 6.07) is 8.53. The van der Waals surface area contributed by atoms with E-state index in [2.05, 4.69) is 0 Å². The van der Waals surface area contributed by atoms with Crippen molar-refractivity contribution < 1.29 is 26.4 Å². The summed E-state index contributed by atoms with van der Waals surface area (Å²) in [5.74, 6) is -3.57. The van der Waals surface area contributed by atoms with Gasteiger partial charge in [0.05, 0.1) is 12.8 Å². The molecule has 2 aromatic rings. The van der Waals surface area contributed by atoms with E-state index in [-0.39, 0.29) is 5.56 Å². The van der Waals surface area contributed by atoms with E-state index in [0.29, 0.717) is 4.31 Å². The van der Waals surface area contributed by atoms with Gasteiger partial charge < -0.3 is 5.32 Å². The van der Waals surface area contributed by atoms with Crippen molar-refractivity contribution in [1.29, 1.82) is 0 Å². The third kappa shape index (κ3) is 5.04. The number of nitrogens with one attached hydrogen (secondary N) is 1. The van der Waals surface area contributed by atoms with Crippen LogP contribution in [0, 0.1) is 17.5 Å². The fourth-order valence-electron chi connectivity index (χ4n) is 2.06. The molecule has 0 fully saturated rings. The van der Waals surface area contributed by atoms with Crippen molar-refractivity contribution in [2.75, 3.05) is 18.1 Å². The highest BCUT2D eigenvalue weighted by Gasteiger charge is 2.23. The largest absolute Gasteiger partial charge is 0.320 e. The van der Waals surface area contributed by atoms with Crippen LogP contribution in [-0.4, -0.2) is 31.4 Å². The van der Waals surface area contributed by atoms with Crippen LogP contribution in [0.3, 0.4) is 0 Å². The van der Waals surface area contributed by atoms with Gasteiger partial charge in [0.15, 0.2) is 0 Å². The number of rotatable bonds is 6. The Labute approximate surface area is 143 Å². The average molecular weight is 372 g/mol. The molecule has 0 aliphatic heterocycles. The molecule has 134 valence electrons. The van der Waals surface area contributed by atoms with Crippen molar-refractivity contribution in [3.63, 3.8) is 0 Å². The molecule has 0 bridgehead atoms. The number of anilines is 1. The molecule has 5 nitrogen and oxygen atoms in total. The van der Waals surface area contributed by atoms with E-state index >= 15 is 0 Å². The summed E-state index contributed by atoms with van der Waals surface area (Å²) in [5, 5.41) is 1.99. The second-order valence-corrected chi connectivity index (χ2v) is 7.25. The normalized spacial score (nSPS) is 11.6. The Morgan fingerprint density at radius 2 is 1.56 bits per heavy atom. The van der Waals surface area contributed by atoms with Crippen LogP contribution in [0.1, 0.15) is 5.56 Å². The first-order chi connectivity index (χ1) is 11.7. The Morgan fingerprint density at radius 1 is 1.00 bits per heavy atom. The molecule has 9 heteroatoms. The second kappa shape index (κ2) is 7.66. The maximum atomic E-state index is 13.7. The lowest BCUT2D eigenvalue weighted by atomic mass is 10.2. The molecule has 1 amide bonds. The van der Waals surface area contributed by atoms with Gasteiger partial charge in [0.1, 0.15) is 23.1 Å². The van der Waals surface area contributed by atoms with Crippen LogP contribution in [0.4, 0.5) is 18.9 Å². The maximum Gasteiger partial charge on any atom is 0.239 e. The average Bonchev–Trinajstić information content (AvgIpc) is 2.51. The number of sulfonamides is 1. The molecule has 0 aliphatic carbocycles. The minimum Gasteiger partial charge on any atom is -0.320 e. The molecule has 0 unspecified atom stereocenters. The number of nitrogens with zero attached hydrogens (tertiary/aromatic N) is 1. The van der Waals surface area contributed by atoms with E-state index in [4.69, 9.17) is 0 Å². The highest BCUT2D eigenvalue weighted by atomic mass is 32.2. The second-order valence-electron chi connectivity index (χ2n) is 5.27. The summed E-state index contributed by atoms with van der Waals surface area (Å²) in [5.41, 5.74) is -0.607. The third-order valence-corrected chi connectivity index (χ3v) is 4.52.